The highest BCUT2D eigenvalue weighted by Crippen LogP contribution is 2.51. The largest absolute Gasteiger partial charge is 0.308 e. The Morgan fingerprint density at radius 3 is 1.22 bits per heavy atom. The maximum atomic E-state index is 9.45. The summed E-state index contributed by atoms with van der Waals surface area (Å²) in [6.45, 7) is 12.9. The second-order valence-electron chi connectivity index (χ2n) is 18.2. The van der Waals surface area contributed by atoms with E-state index in [0.717, 1.165) is 87.3 Å². The molecule has 0 bridgehead atoms. The van der Waals surface area contributed by atoms with Gasteiger partial charge < -0.3 is 8.80 Å². The van der Waals surface area contributed by atoms with E-state index >= 15 is 0 Å². The fourth-order valence-corrected chi connectivity index (χ4v) is 10.3. The Bertz CT molecular complexity index is 4460. The van der Waals surface area contributed by atoms with Gasteiger partial charge in [-0.05, 0) is 77.9 Å². The smallest absolute Gasteiger partial charge is 0.0629 e. The Balaban J connectivity index is 1.24. The Morgan fingerprint density at radius 2 is 0.783 bits per heavy atom. The minimum Gasteiger partial charge on any atom is -0.308 e. The first-order valence-corrected chi connectivity index (χ1v) is 20.3. The molecule has 0 unspecified atom stereocenters. The van der Waals surface area contributed by atoms with Crippen LogP contribution in [0.15, 0.2) is 157 Å². The van der Waals surface area contributed by atoms with Gasteiger partial charge in [-0.1, -0.05) is 187 Å². The molecule has 0 aliphatic carbocycles. The van der Waals surface area contributed by atoms with Crippen LogP contribution in [0.4, 0.5) is 0 Å². The highest BCUT2D eigenvalue weighted by Gasteiger charge is 2.30. The third kappa shape index (κ3) is 4.28. The van der Waals surface area contributed by atoms with Crippen molar-refractivity contribution < 1.29 is 19.2 Å². The predicted octanol–water partition coefficient (Wildman–Crippen LogP) is 16.2. The molecule has 4 aromatic heterocycles. The molecule has 0 aliphatic heterocycles. The monoisotopic (exact) mass is 782 g/mol. The first-order chi connectivity index (χ1) is 34.9. The molecule has 4 heterocycles. The number of aromatic nitrogens is 2. The van der Waals surface area contributed by atoms with Crippen molar-refractivity contribution in [3.63, 3.8) is 0 Å². The summed E-state index contributed by atoms with van der Waals surface area (Å²) in [5.41, 5.74) is 7.97. The molecule has 13 rings (SSSR count). The van der Waals surface area contributed by atoms with Gasteiger partial charge in [-0.2, -0.15) is 0 Å². The Morgan fingerprint density at radius 1 is 0.367 bits per heavy atom. The molecule has 286 valence electrons. The maximum Gasteiger partial charge on any atom is 0.0629 e. The van der Waals surface area contributed by atoms with Crippen LogP contribution in [-0.4, -0.2) is 8.80 Å². The van der Waals surface area contributed by atoms with Crippen molar-refractivity contribution in [3.05, 3.63) is 169 Å². The summed E-state index contributed by atoms with van der Waals surface area (Å²) in [5.74, 6) is 0. The van der Waals surface area contributed by atoms with Gasteiger partial charge in [-0.25, -0.2) is 0 Å². The number of fused-ring (bicyclic) bond motifs is 14. The second-order valence-corrected chi connectivity index (χ2v) is 18.2. The summed E-state index contributed by atoms with van der Waals surface area (Å²) in [4.78, 5) is 0. The van der Waals surface area contributed by atoms with Gasteiger partial charge in [-0.15, -0.1) is 0 Å². The lowest BCUT2D eigenvalue weighted by molar-refractivity contribution is 0.594. The normalized spacial score (nSPS) is 16.4. The van der Waals surface area contributed by atoms with E-state index in [2.05, 4.69) is 74.6 Å². The van der Waals surface area contributed by atoms with Crippen molar-refractivity contribution in [1.29, 1.82) is 0 Å². The summed E-state index contributed by atoms with van der Waals surface area (Å²) in [6.07, 6.45) is 0. The number of hydrogen-bond donors (Lipinski definition) is 0. The van der Waals surface area contributed by atoms with E-state index in [1.807, 2.05) is 48.5 Å². The van der Waals surface area contributed by atoms with E-state index in [4.69, 9.17) is 13.7 Å². The Hall–Kier alpha value is -6.90. The van der Waals surface area contributed by atoms with Crippen LogP contribution in [0.1, 0.15) is 71.9 Å². The zero-order valence-electron chi connectivity index (χ0n) is 47.8. The minimum absolute atomic E-state index is 0.0225. The number of nitrogens with zero attached hydrogens (tertiary/aromatic N) is 2. The summed E-state index contributed by atoms with van der Waals surface area (Å²) in [6, 6.07) is 18.5. The second kappa shape index (κ2) is 11.4. The molecule has 0 saturated carbocycles. The van der Waals surface area contributed by atoms with Crippen LogP contribution in [-0.2, 0) is 10.8 Å². The lowest BCUT2D eigenvalue weighted by Gasteiger charge is -2.21. The van der Waals surface area contributed by atoms with Gasteiger partial charge >= 0.3 is 0 Å². The Kier molecular flexibility index (Phi) is 4.39. The van der Waals surface area contributed by atoms with Gasteiger partial charge in [0.1, 0.15) is 0 Å². The van der Waals surface area contributed by atoms with Gasteiger partial charge in [-0.3, -0.25) is 0 Å². The van der Waals surface area contributed by atoms with E-state index in [1.165, 1.54) is 0 Å². The number of para-hydroxylation sites is 2. The molecule has 0 saturated heterocycles. The van der Waals surface area contributed by atoms with E-state index in [-0.39, 0.29) is 67.7 Å². The third-order valence-electron chi connectivity index (χ3n) is 12.8. The lowest BCUT2D eigenvalue weighted by atomic mass is 9.85. The average Bonchev–Trinajstić information content (AvgIpc) is 4.09. The summed E-state index contributed by atoms with van der Waals surface area (Å²) < 4.78 is 130. The lowest BCUT2D eigenvalue weighted by Crippen LogP contribution is -2.12. The molecule has 0 fully saturated rings. The molecule has 60 heavy (non-hydrogen) atoms. The molecule has 0 atom stereocenters. The van der Waals surface area contributed by atoms with E-state index in [0.29, 0.717) is 11.1 Å². The van der Waals surface area contributed by atoms with Crippen LogP contribution in [0.25, 0.3) is 120 Å². The SMILES string of the molecule is [2H]c1c([2H])c([2H])c2c(-c3ccc4c5cc6c(cc5n5c7c(C(C)(C)C)cccc7c3c45)c3ccc(-c4c([2H])c([2H])c([2H])c5c([2H])c([2H])c([2H])c([2H])c45)c4c5cccc(C(C)(C)C)c5n6c34)c([2H])c([2H])c([2H])c2c1[2H]. The average molecular weight is 783 g/mol. The predicted molar refractivity (Wildman–Crippen MR) is 259 cm³/mol. The number of benzene rings is 9. The first-order valence-electron chi connectivity index (χ1n) is 27.3. The van der Waals surface area contributed by atoms with E-state index in [9.17, 15) is 5.48 Å². The molecular formula is C58H44N2. The molecule has 0 radical (unpaired) electrons. The van der Waals surface area contributed by atoms with Crippen molar-refractivity contribution in [2.75, 3.05) is 0 Å². The van der Waals surface area contributed by atoms with Crippen LogP contribution in [0.3, 0.4) is 0 Å². The highest BCUT2D eigenvalue weighted by molar-refractivity contribution is 6.33. The van der Waals surface area contributed by atoms with Gasteiger partial charge in [0.05, 0.1) is 52.3 Å². The standard InChI is InChI=1S/C58H44N2/c1-57(2,3)47-25-13-23-43-51-39(37-21-11-17-33-15-7-9-19-35(33)37)27-29-41-45-32-50-46(31-49(45)59(53(43)47)55(41)51)42-30-28-40(38-22-12-18-34-16-8-10-20-36(34)38)52-44-24-14-26-48(58(4,5)6)54(44)60(50)56(42)52/h7-32H,1-6H3/i7D,8D,9D,10D,11D,12D,15D,16D,17D,18D,19D,20D,21D,22D. The van der Waals surface area contributed by atoms with Crippen LogP contribution >= 0.6 is 0 Å². The van der Waals surface area contributed by atoms with Crippen LogP contribution < -0.4 is 0 Å². The highest BCUT2D eigenvalue weighted by atomic mass is 14.9. The van der Waals surface area contributed by atoms with Gasteiger partial charge in [0, 0.05) is 43.1 Å². The maximum absolute atomic E-state index is 9.45. The topological polar surface area (TPSA) is 8.82 Å². The van der Waals surface area contributed by atoms with Crippen LogP contribution in [0.5, 0.6) is 0 Å². The van der Waals surface area contributed by atoms with Gasteiger partial charge in [0.25, 0.3) is 0 Å². The minimum atomic E-state index is -0.511. The van der Waals surface area contributed by atoms with Crippen LogP contribution in [0, 0.1) is 0 Å². The van der Waals surface area contributed by atoms with E-state index in [1.54, 1.807) is 0 Å². The zero-order chi connectivity index (χ0) is 52.6. The van der Waals surface area contributed by atoms with Crippen molar-refractivity contribution in [2.45, 2.75) is 52.4 Å². The van der Waals surface area contributed by atoms with Gasteiger partial charge in [0.15, 0.2) is 0 Å². The Labute approximate surface area is 368 Å². The summed E-state index contributed by atoms with van der Waals surface area (Å²) >= 11 is 0. The molecule has 9 aromatic carbocycles. The molecule has 0 aliphatic rings. The van der Waals surface area contributed by atoms with Crippen molar-refractivity contribution >= 4 is 97.7 Å². The summed E-state index contributed by atoms with van der Waals surface area (Å²) in [7, 11) is 0. The molecule has 2 nitrogen and oxygen atoms in total. The zero-order valence-corrected chi connectivity index (χ0v) is 33.8. The van der Waals surface area contributed by atoms with Crippen molar-refractivity contribution in [3.8, 4) is 22.3 Å². The molecule has 0 amide bonds. The fourth-order valence-electron chi connectivity index (χ4n) is 10.3. The van der Waals surface area contributed by atoms with Crippen molar-refractivity contribution in [1.82, 2.24) is 8.80 Å². The third-order valence-corrected chi connectivity index (χ3v) is 12.8. The fraction of sp³-hybridized carbons (Fsp3) is 0.138. The molecule has 13 aromatic rings. The molecule has 0 spiro atoms. The number of hydrogen-bond acceptors (Lipinski definition) is 0. The van der Waals surface area contributed by atoms with E-state index < -0.39 is 60.4 Å². The first kappa shape index (κ1) is 23.0. The number of rotatable bonds is 2. The molecular weight excluding hydrogens is 725 g/mol. The van der Waals surface area contributed by atoms with Crippen LogP contribution in [0.2, 0.25) is 0 Å². The summed E-state index contributed by atoms with van der Waals surface area (Å²) in [5, 5.41) is 6.64. The quantitative estimate of drug-likeness (QED) is 0.165. The van der Waals surface area contributed by atoms with Gasteiger partial charge in [0.2, 0.25) is 0 Å². The molecule has 0 N–H and O–H groups in total. The molecule has 2 heteroatoms. The van der Waals surface area contributed by atoms with Crippen molar-refractivity contribution in [2.24, 2.45) is 0 Å².